The molecule has 2 aromatic rings. The molecule has 0 nitrogen and oxygen atoms in total. The lowest BCUT2D eigenvalue weighted by molar-refractivity contribution is 0.924. The van der Waals surface area contributed by atoms with Gasteiger partial charge in [0.25, 0.3) is 0 Å². The first-order valence-corrected chi connectivity index (χ1v) is 8.41. The van der Waals surface area contributed by atoms with Crippen molar-refractivity contribution in [2.75, 3.05) is 0 Å². The Morgan fingerprint density at radius 3 is 1.67 bits per heavy atom. The van der Waals surface area contributed by atoms with Crippen LogP contribution in [0.15, 0.2) is 22.9 Å². The Morgan fingerprint density at radius 2 is 1.28 bits per heavy atom. The number of aryl methyl sites for hydroxylation is 2. The maximum absolute atomic E-state index is 2.29. The van der Waals surface area contributed by atoms with E-state index in [1.54, 1.807) is 0 Å². The Kier molecular flexibility index (Phi) is 5.21. The zero-order valence-corrected chi connectivity index (χ0v) is 12.7. The highest BCUT2D eigenvalue weighted by Gasteiger charge is 2.02. The molecule has 0 aromatic carbocycles. The second-order valence-corrected chi connectivity index (χ2v) is 6.35. The maximum Gasteiger partial charge on any atom is 0.0302 e. The third-order valence-corrected chi connectivity index (χ3v) is 4.83. The second-order valence-electron chi connectivity index (χ2n) is 4.45. The molecule has 0 atom stereocenters. The zero-order chi connectivity index (χ0) is 12.8. The summed E-state index contributed by atoms with van der Waals surface area (Å²) in [5.41, 5.74) is 2.99. The molecule has 18 heavy (non-hydrogen) atoms. The van der Waals surface area contributed by atoms with Crippen molar-refractivity contribution in [2.45, 2.75) is 39.5 Å². The minimum absolute atomic E-state index is 1.19. The summed E-state index contributed by atoms with van der Waals surface area (Å²) in [5, 5.41) is 4.40. The molecule has 0 fully saturated rings. The van der Waals surface area contributed by atoms with Crippen LogP contribution in [0.3, 0.4) is 0 Å². The Morgan fingerprint density at radius 1 is 0.833 bits per heavy atom. The van der Waals surface area contributed by atoms with E-state index in [0.29, 0.717) is 0 Å². The highest BCUT2D eigenvalue weighted by atomic mass is 32.1. The molecule has 2 heterocycles. The first kappa shape index (κ1) is 13.6. The van der Waals surface area contributed by atoms with Crippen molar-refractivity contribution in [1.29, 1.82) is 0 Å². The normalized spacial score (nSPS) is 11.4. The highest BCUT2D eigenvalue weighted by Crippen LogP contribution is 2.25. The van der Waals surface area contributed by atoms with Crippen molar-refractivity contribution in [3.63, 3.8) is 0 Å². The van der Waals surface area contributed by atoms with Crippen LogP contribution in [-0.4, -0.2) is 0 Å². The molecule has 0 saturated heterocycles. The third-order valence-electron chi connectivity index (χ3n) is 2.99. The zero-order valence-electron chi connectivity index (χ0n) is 11.1. The van der Waals surface area contributed by atoms with E-state index in [1.807, 2.05) is 22.7 Å². The summed E-state index contributed by atoms with van der Waals surface area (Å²) in [5.74, 6) is 0. The summed E-state index contributed by atoms with van der Waals surface area (Å²) in [6.45, 7) is 4.48. The predicted molar refractivity (Wildman–Crippen MR) is 85.6 cm³/mol. The van der Waals surface area contributed by atoms with Gasteiger partial charge in [-0.15, -0.1) is 22.7 Å². The average Bonchev–Trinajstić information content (AvgIpc) is 2.97. The fraction of sp³-hybridized carbons (Fsp3) is 0.375. The fourth-order valence-electron chi connectivity index (χ4n) is 2.09. The molecule has 0 aliphatic carbocycles. The van der Waals surface area contributed by atoms with Gasteiger partial charge >= 0.3 is 0 Å². The molecular weight excluding hydrogens is 256 g/mol. The Balaban J connectivity index is 2.14. The summed E-state index contributed by atoms with van der Waals surface area (Å²) >= 11 is 3.70. The van der Waals surface area contributed by atoms with Gasteiger partial charge in [0, 0.05) is 9.75 Å². The van der Waals surface area contributed by atoms with Crippen LogP contribution >= 0.6 is 22.7 Å². The molecule has 0 spiro atoms. The van der Waals surface area contributed by atoms with Crippen molar-refractivity contribution in [1.82, 2.24) is 0 Å². The van der Waals surface area contributed by atoms with Gasteiger partial charge in [-0.1, -0.05) is 26.7 Å². The summed E-state index contributed by atoms with van der Waals surface area (Å²) in [6.07, 6.45) is 9.40. The average molecular weight is 276 g/mol. The van der Waals surface area contributed by atoms with E-state index in [-0.39, 0.29) is 0 Å². The molecule has 0 aliphatic rings. The number of hydrogen-bond acceptors (Lipinski definition) is 2. The van der Waals surface area contributed by atoms with E-state index in [4.69, 9.17) is 0 Å². The third kappa shape index (κ3) is 3.33. The van der Waals surface area contributed by atoms with Crippen LogP contribution in [-0.2, 0) is 12.8 Å². The maximum atomic E-state index is 2.29. The molecular formula is C16H20S2. The van der Waals surface area contributed by atoms with Gasteiger partial charge in [0.05, 0.1) is 0 Å². The van der Waals surface area contributed by atoms with Gasteiger partial charge in [0.2, 0.25) is 0 Å². The molecule has 0 saturated carbocycles. The van der Waals surface area contributed by atoms with Gasteiger partial charge < -0.3 is 0 Å². The standard InChI is InChI=1S/C16H20S2/c1-3-5-13-9-11-17-15(13)7-8-16-14(6-4-2)10-12-18-16/h7-12H,3-6H2,1-2H3. The molecule has 2 heteroatoms. The van der Waals surface area contributed by atoms with Gasteiger partial charge in [-0.2, -0.15) is 0 Å². The first-order valence-electron chi connectivity index (χ1n) is 6.66. The van der Waals surface area contributed by atoms with Crippen LogP contribution in [0.2, 0.25) is 0 Å². The van der Waals surface area contributed by atoms with Crippen molar-refractivity contribution in [3.05, 3.63) is 43.8 Å². The molecule has 0 radical (unpaired) electrons. The van der Waals surface area contributed by atoms with Gasteiger partial charge in [0.1, 0.15) is 0 Å². The molecule has 2 aromatic heterocycles. The lowest BCUT2D eigenvalue weighted by atomic mass is 10.1. The molecule has 0 bridgehead atoms. The SMILES string of the molecule is CCCc1ccsc1C=Cc1sccc1CCC. The van der Waals surface area contributed by atoms with E-state index in [2.05, 4.69) is 48.9 Å². The Bertz CT molecular complexity index is 456. The number of thiophene rings is 2. The van der Waals surface area contributed by atoms with Crippen molar-refractivity contribution >= 4 is 34.8 Å². The fourth-order valence-corrected chi connectivity index (χ4v) is 3.78. The van der Waals surface area contributed by atoms with Crippen LogP contribution in [0.4, 0.5) is 0 Å². The summed E-state index contributed by atoms with van der Waals surface area (Å²) in [6, 6.07) is 4.52. The van der Waals surface area contributed by atoms with Gasteiger partial charge in [0.15, 0.2) is 0 Å². The topological polar surface area (TPSA) is 0 Å². The van der Waals surface area contributed by atoms with Crippen LogP contribution in [0.1, 0.15) is 47.6 Å². The summed E-state index contributed by atoms with van der Waals surface area (Å²) < 4.78 is 0. The van der Waals surface area contributed by atoms with E-state index in [1.165, 1.54) is 46.6 Å². The molecule has 0 N–H and O–H groups in total. The summed E-state index contributed by atoms with van der Waals surface area (Å²) in [4.78, 5) is 2.85. The highest BCUT2D eigenvalue weighted by molar-refractivity contribution is 7.12. The van der Waals surface area contributed by atoms with Crippen LogP contribution < -0.4 is 0 Å². The van der Waals surface area contributed by atoms with Crippen LogP contribution in [0, 0.1) is 0 Å². The lowest BCUT2D eigenvalue weighted by Crippen LogP contribution is -1.82. The minimum Gasteiger partial charge on any atom is -0.144 e. The number of rotatable bonds is 6. The molecule has 0 aliphatic heterocycles. The quantitative estimate of drug-likeness (QED) is 0.617. The second kappa shape index (κ2) is 6.91. The summed E-state index contributed by atoms with van der Waals surface area (Å²) in [7, 11) is 0. The Labute approximate surface area is 118 Å². The van der Waals surface area contributed by atoms with Gasteiger partial charge in [-0.3, -0.25) is 0 Å². The molecule has 96 valence electrons. The van der Waals surface area contributed by atoms with E-state index < -0.39 is 0 Å². The van der Waals surface area contributed by atoms with Crippen LogP contribution in [0.5, 0.6) is 0 Å². The smallest absolute Gasteiger partial charge is 0.0302 e. The van der Waals surface area contributed by atoms with Crippen LogP contribution in [0.25, 0.3) is 12.2 Å². The molecule has 2 rings (SSSR count). The molecule has 0 amide bonds. The minimum atomic E-state index is 1.19. The first-order chi connectivity index (χ1) is 8.85. The van der Waals surface area contributed by atoms with Crippen molar-refractivity contribution in [3.8, 4) is 0 Å². The largest absolute Gasteiger partial charge is 0.144 e. The van der Waals surface area contributed by atoms with Gasteiger partial charge in [-0.05, 0) is 59.0 Å². The van der Waals surface area contributed by atoms with Gasteiger partial charge in [-0.25, -0.2) is 0 Å². The van der Waals surface area contributed by atoms with E-state index in [0.717, 1.165) is 0 Å². The predicted octanol–water partition coefficient (Wildman–Crippen LogP) is 5.89. The van der Waals surface area contributed by atoms with Crippen molar-refractivity contribution < 1.29 is 0 Å². The Hall–Kier alpha value is -0.860. The molecule has 0 unspecified atom stereocenters. The lowest BCUT2D eigenvalue weighted by Gasteiger charge is -1.98. The monoisotopic (exact) mass is 276 g/mol. The number of hydrogen-bond donors (Lipinski definition) is 0. The van der Waals surface area contributed by atoms with E-state index >= 15 is 0 Å². The van der Waals surface area contributed by atoms with E-state index in [9.17, 15) is 0 Å². The van der Waals surface area contributed by atoms with Crippen molar-refractivity contribution in [2.24, 2.45) is 0 Å².